The summed E-state index contributed by atoms with van der Waals surface area (Å²) in [6.45, 7) is 9.91. The molecule has 0 bridgehead atoms. The molecule has 0 saturated heterocycles. The van der Waals surface area contributed by atoms with Gasteiger partial charge in [0.2, 0.25) is 5.89 Å². The molecule has 1 aromatic heterocycles. The van der Waals surface area contributed by atoms with Gasteiger partial charge in [-0.3, -0.25) is 0 Å². The first kappa shape index (κ1) is 18.0. The lowest BCUT2D eigenvalue weighted by Gasteiger charge is -2.13. The van der Waals surface area contributed by atoms with Gasteiger partial charge >= 0.3 is 0 Å². The maximum atomic E-state index is 12.9. The first-order chi connectivity index (χ1) is 11.4. The van der Waals surface area contributed by atoms with Gasteiger partial charge in [0.25, 0.3) is 0 Å². The van der Waals surface area contributed by atoms with Gasteiger partial charge in [-0.05, 0) is 24.6 Å². The number of hydrogen-bond acceptors (Lipinski definition) is 3. The Labute approximate surface area is 142 Å². The highest BCUT2D eigenvalue weighted by atomic mass is 19.1. The van der Waals surface area contributed by atoms with Gasteiger partial charge in [0.15, 0.2) is 5.96 Å². The van der Waals surface area contributed by atoms with Crippen LogP contribution in [-0.4, -0.2) is 17.5 Å². The third-order valence-corrected chi connectivity index (χ3v) is 3.38. The van der Waals surface area contributed by atoms with Crippen molar-refractivity contribution in [3.8, 4) is 0 Å². The molecular formula is C18H25FN4O. The van der Waals surface area contributed by atoms with E-state index in [1.54, 1.807) is 18.3 Å². The van der Waals surface area contributed by atoms with Crippen molar-refractivity contribution >= 4 is 5.96 Å². The zero-order valence-corrected chi connectivity index (χ0v) is 14.7. The van der Waals surface area contributed by atoms with Crippen LogP contribution >= 0.6 is 0 Å². The molecule has 24 heavy (non-hydrogen) atoms. The van der Waals surface area contributed by atoms with Gasteiger partial charge in [-0.1, -0.05) is 32.9 Å². The van der Waals surface area contributed by atoms with Crippen molar-refractivity contribution in [3.63, 3.8) is 0 Å². The second kappa shape index (κ2) is 7.95. The minimum atomic E-state index is -0.244. The van der Waals surface area contributed by atoms with Crippen LogP contribution in [0.15, 0.2) is 39.9 Å². The first-order valence-corrected chi connectivity index (χ1v) is 8.10. The van der Waals surface area contributed by atoms with Crippen LogP contribution in [0.1, 0.15) is 44.9 Å². The summed E-state index contributed by atoms with van der Waals surface area (Å²) < 4.78 is 18.7. The highest BCUT2D eigenvalue weighted by molar-refractivity contribution is 5.79. The van der Waals surface area contributed by atoms with Gasteiger partial charge in [-0.15, -0.1) is 0 Å². The summed E-state index contributed by atoms with van der Waals surface area (Å²) in [6, 6.07) is 6.33. The first-order valence-electron chi connectivity index (χ1n) is 8.10. The Morgan fingerprint density at radius 3 is 2.50 bits per heavy atom. The second-order valence-corrected chi connectivity index (χ2v) is 6.54. The van der Waals surface area contributed by atoms with Crippen LogP contribution in [0.25, 0.3) is 0 Å². The summed E-state index contributed by atoms with van der Waals surface area (Å²) in [5.74, 6) is 1.89. The van der Waals surface area contributed by atoms with Crippen molar-refractivity contribution in [2.45, 2.75) is 46.2 Å². The van der Waals surface area contributed by atoms with Gasteiger partial charge in [0.1, 0.15) is 11.6 Å². The number of benzene rings is 1. The van der Waals surface area contributed by atoms with E-state index >= 15 is 0 Å². The maximum absolute atomic E-state index is 12.9. The van der Waals surface area contributed by atoms with Crippen molar-refractivity contribution in [3.05, 3.63) is 53.5 Å². The number of nitrogens with zero attached hydrogens (tertiary/aromatic N) is 2. The zero-order chi connectivity index (χ0) is 17.6. The van der Waals surface area contributed by atoms with E-state index in [0.29, 0.717) is 24.9 Å². The minimum absolute atomic E-state index is 0.0631. The number of oxazole rings is 1. The minimum Gasteiger partial charge on any atom is -0.443 e. The van der Waals surface area contributed by atoms with Crippen LogP contribution in [0.2, 0.25) is 0 Å². The van der Waals surface area contributed by atoms with Crippen LogP contribution in [0.4, 0.5) is 4.39 Å². The predicted molar refractivity (Wildman–Crippen MR) is 93.3 cm³/mol. The fourth-order valence-corrected chi connectivity index (χ4v) is 2.00. The monoisotopic (exact) mass is 332 g/mol. The van der Waals surface area contributed by atoms with Crippen LogP contribution in [-0.2, 0) is 18.5 Å². The van der Waals surface area contributed by atoms with E-state index in [0.717, 1.165) is 17.9 Å². The summed E-state index contributed by atoms with van der Waals surface area (Å²) in [4.78, 5) is 8.78. The summed E-state index contributed by atoms with van der Waals surface area (Å²) in [6.07, 6.45) is 1.76. The van der Waals surface area contributed by atoms with E-state index in [1.807, 2.05) is 6.92 Å². The van der Waals surface area contributed by atoms with Crippen LogP contribution < -0.4 is 10.6 Å². The molecule has 130 valence electrons. The number of nitrogens with one attached hydrogen (secondary N) is 2. The Morgan fingerprint density at radius 2 is 1.92 bits per heavy atom. The molecule has 2 N–H and O–H groups in total. The molecule has 0 saturated carbocycles. The normalized spacial score (nSPS) is 12.3. The molecule has 0 aliphatic rings. The van der Waals surface area contributed by atoms with E-state index in [-0.39, 0.29) is 11.2 Å². The standard InChI is InChI=1S/C18H25FN4O/c1-5-20-17(22-10-13-6-8-14(19)9-7-13)23-12-16-21-11-15(24-16)18(2,3)4/h6-9,11H,5,10,12H2,1-4H3,(H2,20,22,23). The third-order valence-electron chi connectivity index (χ3n) is 3.38. The lowest BCUT2D eigenvalue weighted by Crippen LogP contribution is -2.36. The molecule has 0 aliphatic heterocycles. The Bertz CT molecular complexity index is 671. The van der Waals surface area contributed by atoms with Crippen LogP contribution in [0.5, 0.6) is 0 Å². The van der Waals surface area contributed by atoms with Gasteiger partial charge in [-0.2, -0.15) is 0 Å². The smallest absolute Gasteiger partial charge is 0.213 e. The van der Waals surface area contributed by atoms with Gasteiger partial charge in [-0.25, -0.2) is 14.4 Å². The topological polar surface area (TPSA) is 62.5 Å². The fraction of sp³-hybridized carbons (Fsp3) is 0.444. The second-order valence-electron chi connectivity index (χ2n) is 6.54. The predicted octanol–water partition coefficient (Wildman–Crippen LogP) is 3.37. The lowest BCUT2D eigenvalue weighted by molar-refractivity contribution is 0.379. The third kappa shape index (κ3) is 5.37. The molecule has 0 fully saturated rings. The van der Waals surface area contributed by atoms with E-state index in [2.05, 4.69) is 41.4 Å². The number of aliphatic imine (C=N–C) groups is 1. The molecule has 1 aromatic carbocycles. The Kier molecular flexibility index (Phi) is 5.95. The van der Waals surface area contributed by atoms with Crippen molar-refractivity contribution in [2.24, 2.45) is 4.99 Å². The SMILES string of the molecule is CCNC(=NCc1ccc(F)cc1)NCc1ncc(C(C)(C)C)o1. The maximum Gasteiger partial charge on any atom is 0.213 e. The number of rotatable bonds is 5. The Hall–Kier alpha value is -2.37. The molecule has 2 aromatic rings. The molecule has 0 aliphatic carbocycles. The van der Waals surface area contributed by atoms with Gasteiger partial charge in [0.05, 0.1) is 19.3 Å². The van der Waals surface area contributed by atoms with Crippen molar-refractivity contribution in [2.75, 3.05) is 6.54 Å². The van der Waals surface area contributed by atoms with Gasteiger partial charge < -0.3 is 15.1 Å². The van der Waals surface area contributed by atoms with Crippen LogP contribution in [0.3, 0.4) is 0 Å². The number of halogens is 1. The molecular weight excluding hydrogens is 307 g/mol. The van der Waals surface area contributed by atoms with E-state index < -0.39 is 0 Å². The summed E-state index contributed by atoms with van der Waals surface area (Å²) in [5.41, 5.74) is 0.881. The van der Waals surface area contributed by atoms with Crippen molar-refractivity contribution in [1.29, 1.82) is 0 Å². The van der Waals surface area contributed by atoms with E-state index in [9.17, 15) is 4.39 Å². The number of hydrogen-bond donors (Lipinski definition) is 2. The summed E-state index contributed by atoms with van der Waals surface area (Å²) in [7, 11) is 0. The van der Waals surface area contributed by atoms with E-state index in [4.69, 9.17) is 4.42 Å². The summed E-state index contributed by atoms with van der Waals surface area (Å²) >= 11 is 0. The molecule has 0 radical (unpaired) electrons. The number of guanidine groups is 1. The lowest BCUT2D eigenvalue weighted by atomic mass is 9.94. The molecule has 0 spiro atoms. The average molecular weight is 332 g/mol. The molecule has 2 rings (SSSR count). The number of aromatic nitrogens is 1. The molecule has 5 nitrogen and oxygen atoms in total. The largest absolute Gasteiger partial charge is 0.443 e. The molecule has 0 unspecified atom stereocenters. The molecule has 0 atom stereocenters. The highest BCUT2D eigenvalue weighted by Gasteiger charge is 2.19. The van der Waals surface area contributed by atoms with Crippen molar-refractivity contribution < 1.29 is 8.81 Å². The zero-order valence-electron chi connectivity index (χ0n) is 14.7. The Balaban J connectivity index is 1.96. The summed E-state index contributed by atoms with van der Waals surface area (Å²) in [5, 5.41) is 6.36. The van der Waals surface area contributed by atoms with Gasteiger partial charge in [0, 0.05) is 12.0 Å². The molecule has 6 heteroatoms. The fourth-order valence-electron chi connectivity index (χ4n) is 2.00. The molecule has 1 heterocycles. The quantitative estimate of drug-likeness (QED) is 0.651. The average Bonchev–Trinajstić information content (AvgIpc) is 3.01. The van der Waals surface area contributed by atoms with Crippen molar-refractivity contribution in [1.82, 2.24) is 15.6 Å². The Morgan fingerprint density at radius 1 is 1.21 bits per heavy atom. The highest BCUT2D eigenvalue weighted by Crippen LogP contribution is 2.22. The van der Waals surface area contributed by atoms with Crippen LogP contribution in [0, 0.1) is 5.82 Å². The van der Waals surface area contributed by atoms with E-state index in [1.165, 1.54) is 12.1 Å². The molecule has 0 amide bonds.